The van der Waals surface area contributed by atoms with E-state index in [4.69, 9.17) is 14.2 Å². The number of fused-ring (bicyclic) bond motifs is 5. The van der Waals surface area contributed by atoms with Gasteiger partial charge in [0.2, 0.25) is 0 Å². The maximum Gasteiger partial charge on any atom is 0.187 e. The van der Waals surface area contributed by atoms with Gasteiger partial charge < -0.3 is 50.0 Å². The Kier molecular flexibility index (Phi) is 9.85. The summed E-state index contributed by atoms with van der Waals surface area (Å²) in [5, 5.41) is 77.3. The molecule has 1 heterocycles. The van der Waals surface area contributed by atoms with Gasteiger partial charge in [-0.05, 0) is 78.6 Å². The summed E-state index contributed by atoms with van der Waals surface area (Å²) < 4.78 is 17.2. The smallest absolute Gasteiger partial charge is 0.187 e. The van der Waals surface area contributed by atoms with Gasteiger partial charge in [-0.15, -0.1) is 0 Å². The Morgan fingerprint density at radius 1 is 1.07 bits per heavy atom. The van der Waals surface area contributed by atoms with Crippen molar-refractivity contribution in [1.29, 1.82) is 0 Å². The molecule has 0 bridgehead atoms. The van der Waals surface area contributed by atoms with Crippen molar-refractivity contribution in [3.05, 3.63) is 23.8 Å². The minimum Gasteiger partial charge on any atom is -0.396 e. The molecule has 252 valence electrons. The molecule has 4 aliphatic carbocycles. The molecule has 5 aliphatic rings. The Morgan fingerprint density at radius 2 is 1.77 bits per heavy atom. The molecular formula is C34H56O10. The number of hydrogen-bond acceptors (Lipinski definition) is 10. The molecule has 0 spiro atoms. The minimum absolute atomic E-state index is 0.00378. The Balaban J connectivity index is 1.37. The van der Waals surface area contributed by atoms with E-state index < -0.39 is 71.4 Å². The highest BCUT2D eigenvalue weighted by Crippen LogP contribution is 2.69. The molecule has 0 aromatic carbocycles. The standard InChI is InChI=1S/C34H56O10/c1-17(19(3)15-35)7-8-18(2)25-27(39)28(40)30-33(25,5)12-10-24-32(4)11-9-20(13-21(32)22(36)14-34(24,30)41)44-31-29(42-6)26(38)23(37)16-43-31/h13,18-20,22-31,35-41H,1,7-12,14-16H2,2-6H3/t18-,19-,20+,22-,23-,24-,25+,26+,27-,28+,29-,30-,31+,32+,33-,34+/m1/s1. The quantitative estimate of drug-likeness (QED) is 0.187. The lowest BCUT2D eigenvalue weighted by Crippen LogP contribution is -2.66. The van der Waals surface area contributed by atoms with Gasteiger partial charge in [0.1, 0.15) is 18.3 Å². The summed E-state index contributed by atoms with van der Waals surface area (Å²) in [5.74, 6) is -0.983. The Bertz CT molecular complexity index is 1080. The van der Waals surface area contributed by atoms with Crippen LogP contribution in [-0.4, -0.2) is 111 Å². The van der Waals surface area contributed by atoms with Gasteiger partial charge in [0.15, 0.2) is 6.29 Å². The van der Waals surface area contributed by atoms with Gasteiger partial charge in [0.25, 0.3) is 0 Å². The molecule has 0 aromatic rings. The second kappa shape index (κ2) is 12.6. The molecule has 1 aliphatic heterocycles. The number of hydrogen-bond donors (Lipinski definition) is 7. The van der Waals surface area contributed by atoms with Gasteiger partial charge in [-0.25, -0.2) is 0 Å². The molecule has 4 fully saturated rings. The fraction of sp³-hybridized carbons (Fsp3) is 0.882. The highest BCUT2D eigenvalue weighted by atomic mass is 16.7. The largest absolute Gasteiger partial charge is 0.396 e. The number of methoxy groups -OCH3 is 1. The van der Waals surface area contributed by atoms with Crippen LogP contribution < -0.4 is 0 Å². The summed E-state index contributed by atoms with van der Waals surface area (Å²) in [6.07, 6.45) is -1.27. The van der Waals surface area contributed by atoms with Crippen molar-refractivity contribution in [2.45, 2.75) is 127 Å². The van der Waals surface area contributed by atoms with Crippen molar-refractivity contribution in [2.75, 3.05) is 20.3 Å². The van der Waals surface area contributed by atoms with Crippen molar-refractivity contribution in [2.24, 2.45) is 40.4 Å². The maximum atomic E-state index is 12.6. The van der Waals surface area contributed by atoms with Crippen LogP contribution in [-0.2, 0) is 14.2 Å². The van der Waals surface area contributed by atoms with E-state index in [0.717, 1.165) is 30.4 Å². The number of ether oxygens (including phenoxy) is 3. The van der Waals surface area contributed by atoms with E-state index in [1.165, 1.54) is 7.11 Å². The third kappa shape index (κ3) is 5.45. The van der Waals surface area contributed by atoms with E-state index in [1.807, 2.05) is 13.0 Å². The fourth-order valence-electron chi connectivity index (χ4n) is 10.4. The van der Waals surface area contributed by atoms with Crippen LogP contribution in [0.5, 0.6) is 0 Å². The van der Waals surface area contributed by atoms with Gasteiger partial charge in [-0.3, -0.25) is 0 Å². The predicted octanol–water partition coefficient (Wildman–Crippen LogP) is 1.67. The molecule has 0 radical (unpaired) electrons. The highest BCUT2D eigenvalue weighted by Gasteiger charge is 2.72. The number of aliphatic hydroxyl groups excluding tert-OH is 6. The monoisotopic (exact) mass is 624 g/mol. The molecule has 44 heavy (non-hydrogen) atoms. The van der Waals surface area contributed by atoms with Crippen LogP contribution in [0.2, 0.25) is 0 Å². The molecule has 10 heteroatoms. The van der Waals surface area contributed by atoms with Gasteiger partial charge in [-0.1, -0.05) is 45.9 Å². The second-order valence-electron chi connectivity index (χ2n) is 15.3. The zero-order valence-electron chi connectivity index (χ0n) is 27.0. The molecular weight excluding hydrogens is 568 g/mol. The number of aliphatic hydroxyl groups is 7. The fourth-order valence-corrected chi connectivity index (χ4v) is 10.4. The van der Waals surface area contributed by atoms with Gasteiger partial charge in [0, 0.05) is 26.1 Å². The first kappa shape index (κ1) is 34.4. The topological polar surface area (TPSA) is 169 Å². The molecule has 3 saturated carbocycles. The summed E-state index contributed by atoms with van der Waals surface area (Å²) in [6.45, 7) is 12.4. The van der Waals surface area contributed by atoms with Crippen molar-refractivity contribution in [3.63, 3.8) is 0 Å². The van der Waals surface area contributed by atoms with Crippen molar-refractivity contribution in [3.8, 4) is 0 Å². The first-order valence-electron chi connectivity index (χ1n) is 16.6. The minimum atomic E-state index is -1.37. The molecule has 1 saturated heterocycles. The van der Waals surface area contributed by atoms with Crippen molar-refractivity contribution >= 4 is 0 Å². The van der Waals surface area contributed by atoms with Crippen molar-refractivity contribution < 1.29 is 50.0 Å². The second-order valence-corrected chi connectivity index (χ2v) is 15.3. The Labute approximate surface area is 261 Å². The third-order valence-corrected chi connectivity index (χ3v) is 12.8. The molecule has 5 rings (SSSR count). The van der Waals surface area contributed by atoms with E-state index in [0.29, 0.717) is 19.3 Å². The van der Waals surface area contributed by atoms with Crippen LogP contribution in [0, 0.1) is 40.4 Å². The SMILES string of the molecule is C=C(CC[C@@H](C)[C@H]1[C@@H](O)[C@H](O)[C@@H]2[C@]1(C)CC[C@H]1[C@@]2(O)C[C@@H](O)C2=C[C@@H](O[C@@H]3OC[C@@H](O)[C@H](O)[C@H]3OC)CC[C@@]21C)[C@H](C)CO. The van der Waals surface area contributed by atoms with Crippen molar-refractivity contribution in [1.82, 2.24) is 0 Å². The lowest BCUT2D eigenvalue weighted by Gasteiger charge is -2.64. The van der Waals surface area contributed by atoms with E-state index in [-0.39, 0.29) is 43.3 Å². The van der Waals surface area contributed by atoms with Crippen LogP contribution in [0.4, 0.5) is 0 Å². The van der Waals surface area contributed by atoms with E-state index in [9.17, 15) is 35.7 Å². The van der Waals surface area contributed by atoms with Crippen LogP contribution in [0.1, 0.15) is 72.6 Å². The zero-order valence-corrected chi connectivity index (χ0v) is 27.0. The average Bonchev–Trinajstić information content (AvgIpc) is 3.18. The summed E-state index contributed by atoms with van der Waals surface area (Å²) in [4.78, 5) is 0. The maximum absolute atomic E-state index is 12.6. The molecule has 16 atom stereocenters. The summed E-state index contributed by atoms with van der Waals surface area (Å²) in [5.41, 5.74) is -0.648. The normalized spacial score (nSPS) is 50.2. The summed E-state index contributed by atoms with van der Waals surface area (Å²) in [7, 11) is 1.43. The van der Waals surface area contributed by atoms with Gasteiger partial charge >= 0.3 is 0 Å². The Morgan fingerprint density at radius 3 is 2.43 bits per heavy atom. The van der Waals surface area contributed by atoms with Crippen LogP contribution in [0.25, 0.3) is 0 Å². The first-order valence-corrected chi connectivity index (χ1v) is 16.6. The van der Waals surface area contributed by atoms with Crippen LogP contribution in [0.3, 0.4) is 0 Å². The van der Waals surface area contributed by atoms with E-state index in [1.54, 1.807) is 0 Å². The van der Waals surface area contributed by atoms with Crippen LogP contribution in [0.15, 0.2) is 23.8 Å². The molecule has 10 nitrogen and oxygen atoms in total. The molecule has 7 N–H and O–H groups in total. The number of rotatable bonds is 9. The van der Waals surface area contributed by atoms with Gasteiger partial charge in [0.05, 0.1) is 36.6 Å². The summed E-state index contributed by atoms with van der Waals surface area (Å²) in [6, 6.07) is 0. The predicted molar refractivity (Wildman–Crippen MR) is 162 cm³/mol. The molecule has 0 aromatic heterocycles. The van der Waals surface area contributed by atoms with E-state index >= 15 is 0 Å². The lowest BCUT2D eigenvalue weighted by atomic mass is 9.43. The Hall–Kier alpha value is -0.920. The van der Waals surface area contributed by atoms with E-state index in [2.05, 4.69) is 27.4 Å². The first-order chi connectivity index (χ1) is 20.6. The van der Waals surface area contributed by atoms with Gasteiger partial charge in [-0.2, -0.15) is 0 Å². The third-order valence-electron chi connectivity index (χ3n) is 12.8. The average molecular weight is 625 g/mol. The zero-order chi connectivity index (χ0) is 32.4. The molecule has 0 amide bonds. The van der Waals surface area contributed by atoms with Crippen LogP contribution >= 0.6 is 0 Å². The summed E-state index contributed by atoms with van der Waals surface area (Å²) >= 11 is 0. The lowest BCUT2D eigenvalue weighted by molar-refractivity contribution is -0.285. The molecule has 0 unspecified atom stereocenters. The highest BCUT2D eigenvalue weighted by molar-refractivity contribution is 5.33.